The Labute approximate surface area is 190 Å². The quantitative estimate of drug-likeness (QED) is 0.518. The second-order valence-corrected chi connectivity index (χ2v) is 8.19. The second kappa shape index (κ2) is 9.13. The van der Waals surface area contributed by atoms with E-state index in [0.29, 0.717) is 6.07 Å². The van der Waals surface area contributed by atoms with Gasteiger partial charge in [-0.2, -0.15) is 13.2 Å². The highest BCUT2D eigenvalue weighted by Crippen LogP contribution is 2.34. The van der Waals surface area contributed by atoms with Crippen molar-refractivity contribution in [1.82, 2.24) is 10.2 Å². The molecule has 180 valence electrons. The summed E-state index contributed by atoms with van der Waals surface area (Å²) < 4.78 is 71.6. The standard InChI is InChI=1S/C23H19F5N2O4/c24-13-7-12(8-14(25)9-13)19-11-15(29-22(33)23(26,27)28)10-16(34-19)5-6-30-20(31)17-3-1-2-4-18(17)21(30)32/h1-4,7-9,15-16,19H,5-6,10-11H2,(H,29,33). The lowest BCUT2D eigenvalue weighted by Gasteiger charge is -2.36. The van der Waals surface area contributed by atoms with Crippen molar-refractivity contribution in [1.29, 1.82) is 0 Å². The van der Waals surface area contributed by atoms with Gasteiger partial charge in [0.05, 0.1) is 23.3 Å². The van der Waals surface area contributed by atoms with Gasteiger partial charge in [0.1, 0.15) is 11.6 Å². The maximum atomic E-state index is 13.7. The number of imide groups is 1. The van der Waals surface area contributed by atoms with Gasteiger partial charge in [-0.3, -0.25) is 19.3 Å². The lowest BCUT2D eigenvalue weighted by Crippen LogP contribution is -2.48. The van der Waals surface area contributed by atoms with E-state index >= 15 is 0 Å². The van der Waals surface area contributed by atoms with Crippen molar-refractivity contribution in [2.45, 2.75) is 43.7 Å². The van der Waals surface area contributed by atoms with Crippen LogP contribution in [0.2, 0.25) is 0 Å². The molecule has 0 aliphatic carbocycles. The van der Waals surface area contributed by atoms with Crippen LogP contribution in [0.15, 0.2) is 42.5 Å². The summed E-state index contributed by atoms with van der Waals surface area (Å²) in [5, 5.41) is 1.90. The zero-order chi connectivity index (χ0) is 24.6. The van der Waals surface area contributed by atoms with Crippen LogP contribution in [0.5, 0.6) is 0 Å². The highest BCUT2D eigenvalue weighted by Gasteiger charge is 2.42. The molecule has 1 N–H and O–H groups in total. The van der Waals surface area contributed by atoms with E-state index in [0.717, 1.165) is 17.0 Å². The lowest BCUT2D eigenvalue weighted by atomic mass is 9.92. The summed E-state index contributed by atoms with van der Waals surface area (Å²) in [6, 6.07) is 7.92. The molecule has 2 aromatic carbocycles. The minimum Gasteiger partial charge on any atom is -0.370 e. The van der Waals surface area contributed by atoms with E-state index in [4.69, 9.17) is 4.74 Å². The fourth-order valence-corrected chi connectivity index (χ4v) is 4.28. The Balaban J connectivity index is 1.50. The molecule has 0 bridgehead atoms. The van der Waals surface area contributed by atoms with Crippen molar-refractivity contribution in [2.24, 2.45) is 0 Å². The van der Waals surface area contributed by atoms with Crippen molar-refractivity contribution >= 4 is 17.7 Å². The maximum absolute atomic E-state index is 13.7. The van der Waals surface area contributed by atoms with Crippen molar-refractivity contribution in [3.05, 3.63) is 70.8 Å². The number of fused-ring (bicyclic) bond motifs is 1. The van der Waals surface area contributed by atoms with E-state index in [1.165, 1.54) is 12.1 Å². The summed E-state index contributed by atoms with van der Waals surface area (Å²) in [4.78, 5) is 37.6. The average Bonchev–Trinajstić information content (AvgIpc) is 3.01. The van der Waals surface area contributed by atoms with E-state index in [9.17, 15) is 36.3 Å². The SMILES string of the molecule is O=C1c2ccccc2C(=O)N1CCC1CC(NC(=O)C(F)(F)F)CC(c2cc(F)cc(F)c2)O1. The molecule has 0 aromatic heterocycles. The molecule has 4 rings (SSSR count). The van der Waals surface area contributed by atoms with Crippen LogP contribution in [0, 0.1) is 11.6 Å². The Morgan fingerprint density at radius 3 is 2.15 bits per heavy atom. The van der Waals surface area contributed by atoms with Gasteiger partial charge in [-0.05, 0) is 49.1 Å². The van der Waals surface area contributed by atoms with Crippen LogP contribution in [0.4, 0.5) is 22.0 Å². The minimum atomic E-state index is -5.10. The van der Waals surface area contributed by atoms with Gasteiger partial charge in [0, 0.05) is 18.7 Å². The first-order valence-electron chi connectivity index (χ1n) is 10.5. The summed E-state index contributed by atoms with van der Waals surface area (Å²) in [6.45, 7) is -0.0822. The van der Waals surface area contributed by atoms with Crippen molar-refractivity contribution in [2.75, 3.05) is 6.54 Å². The number of nitrogens with zero attached hydrogens (tertiary/aromatic N) is 1. The highest BCUT2D eigenvalue weighted by atomic mass is 19.4. The van der Waals surface area contributed by atoms with Crippen molar-refractivity contribution < 1.29 is 41.1 Å². The molecular weight excluding hydrogens is 463 g/mol. The van der Waals surface area contributed by atoms with Crippen LogP contribution in [0.3, 0.4) is 0 Å². The average molecular weight is 482 g/mol. The number of nitrogens with one attached hydrogen (secondary N) is 1. The first kappa shape index (κ1) is 23.8. The third-order valence-electron chi connectivity index (χ3n) is 5.80. The zero-order valence-electron chi connectivity index (χ0n) is 17.6. The van der Waals surface area contributed by atoms with Crippen LogP contribution in [0.1, 0.15) is 51.6 Å². The summed E-state index contributed by atoms with van der Waals surface area (Å²) in [6.07, 6.45) is -7.04. The Morgan fingerprint density at radius 1 is 1.00 bits per heavy atom. The molecule has 3 amide bonds. The predicted octanol–water partition coefficient (Wildman–Crippen LogP) is 3.92. The summed E-state index contributed by atoms with van der Waals surface area (Å²) in [5.41, 5.74) is 0.565. The van der Waals surface area contributed by atoms with Crippen LogP contribution < -0.4 is 5.32 Å². The van der Waals surface area contributed by atoms with E-state index in [2.05, 4.69) is 0 Å². The minimum absolute atomic E-state index is 0.0424. The molecule has 2 aliphatic rings. The number of ether oxygens (including phenoxy) is 1. The summed E-state index contributed by atoms with van der Waals surface area (Å²) in [7, 11) is 0. The molecule has 0 radical (unpaired) electrons. The molecule has 34 heavy (non-hydrogen) atoms. The molecule has 1 fully saturated rings. The Bertz CT molecular complexity index is 1080. The third-order valence-corrected chi connectivity index (χ3v) is 5.80. The van der Waals surface area contributed by atoms with E-state index < -0.39 is 53.8 Å². The Morgan fingerprint density at radius 2 is 1.59 bits per heavy atom. The molecule has 1 saturated heterocycles. The fourth-order valence-electron chi connectivity index (χ4n) is 4.28. The largest absolute Gasteiger partial charge is 0.471 e. The van der Waals surface area contributed by atoms with Gasteiger partial charge in [0.25, 0.3) is 11.8 Å². The molecular formula is C23H19F5N2O4. The van der Waals surface area contributed by atoms with Gasteiger partial charge in [0.2, 0.25) is 0 Å². The molecule has 2 aliphatic heterocycles. The molecule has 0 saturated carbocycles. The van der Waals surface area contributed by atoms with Gasteiger partial charge in [-0.1, -0.05) is 12.1 Å². The van der Waals surface area contributed by atoms with Crippen LogP contribution in [0.25, 0.3) is 0 Å². The molecule has 11 heteroatoms. The van der Waals surface area contributed by atoms with Crippen LogP contribution in [-0.2, 0) is 9.53 Å². The fraction of sp³-hybridized carbons (Fsp3) is 0.348. The maximum Gasteiger partial charge on any atom is 0.471 e. The zero-order valence-corrected chi connectivity index (χ0v) is 17.6. The van der Waals surface area contributed by atoms with Crippen LogP contribution in [-0.4, -0.2) is 47.5 Å². The first-order chi connectivity index (χ1) is 16.0. The summed E-state index contributed by atoms with van der Waals surface area (Å²) in [5.74, 6) is -4.91. The Kier molecular flexibility index (Phi) is 6.39. The molecule has 2 aromatic rings. The number of hydrogen-bond acceptors (Lipinski definition) is 4. The number of carbonyl (C=O) groups is 3. The lowest BCUT2D eigenvalue weighted by molar-refractivity contribution is -0.176. The molecule has 3 atom stereocenters. The predicted molar refractivity (Wildman–Crippen MR) is 108 cm³/mol. The van der Waals surface area contributed by atoms with Crippen LogP contribution >= 0.6 is 0 Å². The van der Waals surface area contributed by atoms with Crippen molar-refractivity contribution in [3.8, 4) is 0 Å². The second-order valence-electron chi connectivity index (χ2n) is 8.19. The topological polar surface area (TPSA) is 75.7 Å². The number of amides is 3. The highest BCUT2D eigenvalue weighted by molar-refractivity contribution is 6.21. The molecule has 0 spiro atoms. The number of alkyl halides is 3. The molecule has 3 unspecified atom stereocenters. The number of rotatable bonds is 5. The normalized spacial score (nSPS) is 22.6. The van der Waals surface area contributed by atoms with E-state index in [-0.39, 0.29) is 42.5 Å². The van der Waals surface area contributed by atoms with Gasteiger partial charge in [0.15, 0.2) is 0 Å². The van der Waals surface area contributed by atoms with Gasteiger partial charge in [-0.15, -0.1) is 0 Å². The monoisotopic (exact) mass is 482 g/mol. The van der Waals surface area contributed by atoms with Crippen molar-refractivity contribution in [3.63, 3.8) is 0 Å². The first-order valence-corrected chi connectivity index (χ1v) is 10.5. The molecule has 2 heterocycles. The Hall–Kier alpha value is -3.34. The smallest absolute Gasteiger partial charge is 0.370 e. The summed E-state index contributed by atoms with van der Waals surface area (Å²) >= 11 is 0. The third kappa shape index (κ3) is 4.93. The number of hydrogen-bond donors (Lipinski definition) is 1. The number of halogens is 5. The van der Waals surface area contributed by atoms with Gasteiger partial charge < -0.3 is 10.1 Å². The van der Waals surface area contributed by atoms with Gasteiger partial charge >= 0.3 is 12.1 Å². The number of carbonyl (C=O) groups excluding carboxylic acids is 3. The van der Waals surface area contributed by atoms with Gasteiger partial charge in [-0.25, -0.2) is 8.78 Å². The molecule has 6 nitrogen and oxygen atoms in total. The number of benzene rings is 2. The van der Waals surface area contributed by atoms with E-state index in [1.807, 2.05) is 5.32 Å². The van der Waals surface area contributed by atoms with E-state index in [1.54, 1.807) is 12.1 Å².